The standard InChI is InChI=1S/C27H23F4N3O4/c1-38-25(36)23-20(4-2-5-21(23)28)16-7-13-19(14-8-16)34-15-3-6-22(24(34)35)33-26(37)32-18-11-9-17(10-12-18)27(29,30)31/h2,4-5,7-14,22H,3,6,15H2,1H3,(H2,32,33,37). The Morgan fingerprint density at radius 3 is 2.32 bits per heavy atom. The number of nitrogens with zero attached hydrogens (tertiary/aromatic N) is 1. The van der Waals surface area contributed by atoms with Crippen LogP contribution < -0.4 is 15.5 Å². The Balaban J connectivity index is 1.44. The number of ether oxygens (including phenoxy) is 1. The smallest absolute Gasteiger partial charge is 0.416 e. The van der Waals surface area contributed by atoms with Crippen LogP contribution in [-0.4, -0.2) is 37.6 Å². The van der Waals surface area contributed by atoms with Gasteiger partial charge in [0.25, 0.3) is 0 Å². The van der Waals surface area contributed by atoms with Crippen LogP contribution in [0.2, 0.25) is 0 Å². The summed E-state index contributed by atoms with van der Waals surface area (Å²) >= 11 is 0. The van der Waals surface area contributed by atoms with E-state index in [0.29, 0.717) is 36.2 Å². The van der Waals surface area contributed by atoms with Crippen molar-refractivity contribution in [2.45, 2.75) is 25.1 Å². The molecule has 1 unspecified atom stereocenters. The number of urea groups is 1. The van der Waals surface area contributed by atoms with Gasteiger partial charge in [0, 0.05) is 17.9 Å². The van der Waals surface area contributed by atoms with Gasteiger partial charge in [-0.15, -0.1) is 0 Å². The molecule has 38 heavy (non-hydrogen) atoms. The van der Waals surface area contributed by atoms with E-state index in [1.807, 2.05) is 0 Å². The average molecular weight is 529 g/mol. The molecule has 3 aromatic carbocycles. The van der Waals surface area contributed by atoms with Gasteiger partial charge in [-0.3, -0.25) is 4.79 Å². The van der Waals surface area contributed by atoms with Crippen LogP contribution in [0.5, 0.6) is 0 Å². The topological polar surface area (TPSA) is 87.7 Å². The highest BCUT2D eigenvalue weighted by atomic mass is 19.4. The van der Waals surface area contributed by atoms with E-state index in [9.17, 15) is 31.9 Å². The molecule has 1 saturated heterocycles. The van der Waals surface area contributed by atoms with E-state index in [1.165, 1.54) is 11.0 Å². The quantitative estimate of drug-likeness (QED) is 0.332. The van der Waals surface area contributed by atoms with Crippen LogP contribution >= 0.6 is 0 Å². The highest BCUT2D eigenvalue weighted by Gasteiger charge is 2.32. The minimum Gasteiger partial charge on any atom is -0.465 e. The van der Waals surface area contributed by atoms with Crippen molar-refractivity contribution in [3.05, 3.63) is 83.7 Å². The Kier molecular flexibility index (Phi) is 7.65. The summed E-state index contributed by atoms with van der Waals surface area (Å²) in [6.07, 6.45) is -3.51. The molecule has 0 bridgehead atoms. The van der Waals surface area contributed by atoms with Crippen LogP contribution in [0.25, 0.3) is 11.1 Å². The van der Waals surface area contributed by atoms with Crippen molar-refractivity contribution in [1.29, 1.82) is 0 Å². The summed E-state index contributed by atoms with van der Waals surface area (Å²) in [6, 6.07) is 13.2. The summed E-state index contributed by atoms with van der Waals surface area (Å²) in [6.45, 7) is 0.407. The maximum absolute atomic E-state index is 14.3. The largest absolute Gasteiger partial charge is 0.465 e. The van der Waals surface area contributed by atoms with Gasteiger partial charge in [0.1, 0.15) is 17.4 Å². The zero-order chi connectivity index (χ0) is 27.4. The van der Waals surface area contributed by atoms with Gasteiger partial charge in [0.15, 0.2) is 0 Å². The molecule has 0 aliphatic carbocycles. The van der Waals surface area contributed by atoms with Crippen molar-refractivity contribution >= 4 is 29.3 Å². The van der Waals surface area contributed by atoms with Gasteiger partial charge in [0.2, 0.25) is 5.91 Å². The molecular weight excluding hydrogens is 506 g/mol. The second-order valence-electron chi connectivity index (χ2n) is 8.56. The maximum atomic E-state index is 14.3. The Labute approximate surface area is 215 Å². The summed E-state index contributed by atoms with van der Waals surface area (Å²) in [5, 5.41) is 5.01. The van der Waals surface area contributed by atoms with Gasteiger partial charge in [0.05, 0.1) is 12.7 Å². The van der Waals surface area contributed by atoms with E-state index >= 15 is 0 Å². The fourth-order valence-electron chi connectivity index (χ4n) is 4.23. The number of amides is 3. The maximum Gasteiger partial charge on any atom is 0.416 e. The summed E-state index contributed by atoms with van der Waals surface area (Å²) in [7, 11) is 1.16. The molecule has 7 nitrogen and oxygen atoms in total. The number of carbonyl (C=O) groups excluding carboxylic acids is 3. The Morgan fingerprint density at radius 2 is 1.68 bits per heavy atom. The summed E-state index contributed by atoms with van der Waals surface area (Å²) in [5.41, 5.74) is 0.544. The molecule has 0 radical (unpaired) electrons. The number of rotatable bonds is 5. The average Bonchev–Trinajstić information content (AvgIpc) is 2.89. The minimum absolute atomic E-state index is 0.148. The van der Waals surface area contributed by atoms with Crippen LogP contribution in [0.1, 0.15) is 28.8 Å². The zero-order valence-corrected chi connectivity index (χ0v) is 20.1. The van der Waals surface area contributed by atoms with E-state index in [4.69, 9.17) is 4.74 Å². The number of piperidine rings is 1. The van der Waals surface area contributed by atoms with Crippen molar-refractivity contribution in [2.75, 3.05) is 23.9 Å². The van der Waals surface area contributed by atoms with Crippen molar-refractivity contribution in [2.24, 2.45) is 0 Å². The number of nitrogens with one attached hydrogen (secondary N) is 2. The van der Waals surface area contributed by atoms with Crippen LogP contribution in [0, 0.1) is 5.82 Å². The lowest BCUT2D eigenvalue weighted by Gasteiger charge is -2.32. The first-order chi connectivity index (χ1) is 18.1. The normalized spacial score (nSPS) is 15.7. The Morgan fingerprint density at radius 1 is 1.00 bits per heavy atom. The molecule has 1 aliphatic rings. The number of benzene rings is 3. The number of esters is 1. The first-order valence-corrected chi connectivity index (χ1v) is 11.6. The molecule has 1 aliphatic heterocycles. The van der Waals surface area contributed by atoms with Gasteiger partial charge in [-0.05, 0) is 66.4 Å². The minimum atomic E-state index is -4.49. The fraction of sp³-hybridized carbons (Fsp3) is 0.222. The molecule has 3 aromatic rings. The van der Waals surface area contributed by atoms with E-state index in [2.05, 4.69) is 10.6 Å². The van der Waals surface area contributed by atoms with Crippen LogP contribution in [0.15, 0.2) is 66.7 Å². The molecule has 0 aromatic heterocycles. The first-order valence-electron chi connectivity index (χ1n) is 11.6. The van der Waals surface area contributed by atoms with Gasteiger partial charge >= 0.3 is 18.2 Å². The third-order valence-electron chi connectivity index (χ3n) is 6.11. The van der Waals surface area contributed by atoms with Crippen molar-refractivity contribution in [3.8, 4) is 11.1 Å². The van der Waals surface area contributed by atoms with Crippen LogP contribution in [0.4, 0.5) is 33.7 Å². The number of hydrogen-bond donors (Lipinski definition) is 2. The molecule has 1 fully saturated rings. The van der Waals surface area contributed by atoms with E-state index in [0.717, 1.165) is 37.4 Å². The molecule has 198 valence electrons. The third kappa shape index (κ3) is 5.77. The predicted octanol–water partition coefficient (Wildman–Crippen LogP) is 5.62. The lowest BCUT2D eigenvalue weighted by atomic mass is 9.98. The molecule has 1 heterocycles. The highest BCUT2D eigenvalue weighted by molar-refractivity contribution is 6.02. The molecule has 4 rings (SSSR count). The van der Waals surface area contributed by atoms with E-state index in [1.54, 1.807) is 30.3 Å². The number of carbonyl (C=O) groups is 3. The lowest BCUT2D eigenvalue weighted by molar-refractivity contribution is -0.137. The van der Waals surface area contributed by atoms with Crippen molar-refractivity contribution in [1.82, 2.24) is 5.32 Å². The fourth-order valence-corrected chi connectivity index (χ4v) is 4.23. The predicted molar refractivity (Wildman–Crippen MR) is 132 cm³/mol. The summed E-state index contributed by atoms with van der Waals surface area (Å²) < 4.78 is 57.2. The number of methoxy groups -OCH3 is 1. The number of anilines is 2. The number of hydrogen-bond acceptors (Lipinski definition) is 4. The van der Waals surface area contributed by atoms with Gasteiger partial charge in [-0.25, -0.2) is 14.0 Å². The molecule has 0 spiro atoms. The number of alkyl halides is 3. The Hall–Kier alpha value is -4.41. The Bertz CT molecular complexity index is 1340. The molecule has 11 heteroatoms. The highest BCUT2D eigenvalue weighted by Crippen LogP contribution is 2.31. The molecule has 2 N–H and O–H groups in total. The second kappa shape index (κ2) is 10.9. The summed E-state index contributed by atoms with van der Waals surface area (Å²) in [4.78, 5) is 39.1. The van der Waals surface area contributed by atoms with E-state index < -0.39 is 35.6 Å². The zero-order valence-electron chi connectivity index (χ0n) is 20.1. The monoisotopic (exact) mass is 529 g/mol. The third-order valence-corrected chi connectivity index (χ3v) is 6.11. The van der Waals surface area contributed by atoms with Gasteiger partial charge in [-0.1, -0.05) is 24.3 Å². The SMILES string of the molecule is COC(=O)c1c(F)cccc1-c1ccc(N2CCCC(NC(=O)Nc3ccc(C(F)(F)F)cc3)C2=O)cc1. The van der Waals surface area contributed by atoms with Crippen molar-refractivity contribution < 1.29 is 36.7 Å². The molecule has 1 atom stereocenters. The molecule has 3 amide bonds. The second-order valence-corrected chi connectivity index (χ2v) is 8.56. The molecular formula is C27H23F4N3O4. The lowest BCUT2D eigenvalue weighted by Crippen LogP contribution is -2.53. The van der Waals surface area contributed by atoms with Crippen LogP contribution in [-0.2, 0) is 15.7 Å². The van der Waals surface area contributed by atoms with Gasteiger partial charge < -0.3 is 20.3 Å². The summed E-state index contributed by atoms with van der Waals surface area (Å²) in [5.74, 6) is -1.88. The van der Waals surface area contributed by atoms with Gasteiger partial charge in [-0.2, -0.15) is 13.2 Å². The van der Waals surface area contributed by atoms with E-state index in [-0.39, 0.29) is 17.2 Å². The molecule has 0 saturated carbocycles. The van der Waals surface area contributed by atoms with Crippen molar-refractivity contribution in [3.63, 3.8) is 0 Å². The van der Waals surface area contributed by atoms with Crippen LogP contribution in [0.3, 0.4) is 0 Å². The first kappa shape index (κ1) is 26.6. The number of halogens is 4.